The molecule has 2 unspecified atom stereocenters. The Kier molecular flexibility index (Phi) is 6.46. The fourth-order valence-electron chi connectivity index (χ4n) is 1.79. The maximum absolute atomic E-state index is 11.9. The maximum atomic E-state index is 11.9. The van der Waals surface area contributed by atoms with Crippen LogP contribution in [0.3, 0.4) is 0 Å². The Morgan fingerprint density at radius 1 is 1.15 bits per heavy atom. The van der Waals surface area contributed by atoms with E-state index in [9.17, 15) is 4.79 Å². The van der Waals surface area contributed by atoms with Crippen molar-refractivity contribution in [3.05, 3.63) is 48.0 Å². The smallest absolute Gasteiger partial charge is 0.331 e. The number of rotatable bonds is 6. The largest absolute Gasteiger partial charge is 0.453 e. The molecule has 0 saturated carbocycles. The second kappa shape index (κ2) is 7.85. The summed E-state index contributed by atoms with van der Waals surface area (Å²) in [5.41, 5.74) is 1.01. The molecule has 0 aromatic heterocycles. The molecule has 1 rings (SSSR count). The molecule has 0 aliphatic rings. The van der Waals surface area contributed by atoms with Crippen LogP contribution in [0, 0.1) is 5.92 Å². The number of allylic oxidation sites excluding steroid dienone is 1. The van der Waals surface area contributed by atoms with Gasteiger partial charge in [0.15, 0.2) is 0 Å². The van der Waals surface area contributed by atoms with Crippen molar-refractivity contribution < 1.29 is 9.53 Å². The van der Waals surface area contributed by atoms with Crippen LogP contribution in [0.25, 0.3) is 0 Å². The number of carbonyl (C=O) groups is 1. The first-order chi connectivity index (χ1) is 9.41. The average Bonchev–Trinajstić information content (AvgIpc) is 2.42. The van der Waals surface area contributed by atoms with E-state index >= 15 is 0 Å². The van der Waals surface area contributed by atoms with Crippen LogP contribution in [-0.2, 0) is 9.53 Å². The van der Waals surface area contributed by atoms with Gasteiger partial charge in [-0.3, -0.25) is 0 Å². The molecule has 0 saturated heterocycles. The molecule has 0 heterocycles. The Morgan fingerprint density at radius 3 is 2.25 bits per heavy atom. The molecule has 0 spiro atoms. The standard InChI is InChI=1S/C17H25NO2/c1-13(2)11-12-16(19)20-17(14(3)18(4)5)15-9-7-6-8-10-15/h6-14,17H,1-5H3/b12-11+. The van der Waals surface area contributed by atoms with Crippen molar-refractivity contribution in [2.24, 2.45) is 5.92 Å². The number of esters is 1. The van der Waals surface area contributed by atoms with Crippen LogP contribution in [0.4, 0.5) is 0 Å². The molecular weight excluding hydrogens is 250 g/mol. The Bertz CT molecular complexity index is 438. The van der Waals surface area contributed by atoms with Gasteiger partial charge < -0.3 is 9.64 Å². The molecule has 2 atom stereocenters. The molecular formula is C17H25NO2. The van der Waals surface area contributed by atoms with E-state index in [1.54, 1.807) is 0 Å². The molecule has 0 radical (unpaired) electrons. The first kappa shape index (κ1) is 16.4. The van der Waals surface area contributed by atoms with Gasteiger partial charge in [-0.2, -0.15) is 0 Å². The number of hydrogen-bond donors (Lipinski definition) is 0. The molecule has 0 aliphatic heterocycles. The fraction of sp³-hybridized carbons (Fsp3) is 0.471. The molecule has 20 heavy (non-hydrogen) atoms. The average molecular weight is 275 g/mol. The Hall–Kier alpha value is -1.61. The Labute approximate surface area is 122 Å². The summed E-state index contributed by atoms with van der Waals surface area (Å²) in [7, 11) is 3.97. The van der Waals surface area contributed by atoms with Gasteiger partial charge in [0.1, 0.15) is 6.10 Å². The van der Waals surface area contributed by atoms with Gasteiger partial charge in [0.2, 0.25) is 0 Å². The summed E-state index contributed by atoms with van der Waals surface area (Å²) in [4.78, 5) is 14.0. The third-order valence-electron chi connectivity index (χ3n) is 3.24. The van der Waals surface area contributed by atoms with Crippen molar-refractivity contribution in [2.45, 2.75) is 32.9 Å². The summed E-state index contributed by atoms with van der Waals surface area (Å²) in [6.45, 7) is 6.11. The Balaban J connectivity index is 2.87. The minimum Gasteiger partial charge on any atom is -0.453 e. The van der Waals surface area contributed by atoms with Crippen LogP contribution < -0.4 is 0 Å². The summed E-state index contributed by atoms with van der Waals surface area (Å²) in [5.74, 6) is 0.0465. The van der Waals surface area contributed by atoms with Crippen LogP contribution in [0.1, 0.15) is 32.4 Å². The van der Waals surface area contributed by atoms with Gasteiger partial charge in [-0.25, -0.2) is 4.79 Å². The van der Waals surface area contributed by atoms with E-state index < -0.39 is 0 Å². The van der Waals surface area contributed by atoms with Crippen LogP contribution in [0.15, 0.2) is 42.5 Å². The van der Waals surface area contributed by atoms with E-state index in [1.807, 2.05) is 64.4 Å². The summed E-state index contributed by atoms with van der Waals surface area (Å²) in [5, 5.41) is 0. The zero-order valence-corrected chi connectivity index (χ0v) is 13.0. The first-order valence-corrected chi connectivity index (χ1v) is 7.02. The van der Waals surface area contributed by atoms with Crippen molar-refractivity contribution in [3.8, 4) is 0 Å². The van der Waals surface area contributed by atoms with E-state index in [4.69, 9.17) is 4.74 Å². The third-order valence-corrected chi connectivity index (χ3v) is 3.24. The van der Waals surface area contributed by atoms with Gasteiger partial charge >= 0.3 is 5.97 Å². The predicted octanol–water partition coefficient (Wildman–Crippen LogP) is 3.43. The molecule has 0 amide bonds. The summed E-state index contributed by atoms with van der Waals surface area (Å²) in [6, 6.07) is 9.97. The summed E-state index contributed by atoms with van der Waals surface area (Å²) < 4.78 is 5.64. The lowest BCUT2D eigenvalue weighted by molar-refractivity contribution is -0.146. The van der Waals surface area contributed by atoms with Gasteiger partial charge in [-0.05, 0) is 32.5 Å². The summed E-state index contributed by atoms with van der Waals surface area (Å²) >= 11 is 0. The van der Waals surface area contributed by atoms with Crippen LogP contribution >= 0.6 is 0 Å². The lowest BCUT2D eigenvalue weighted by Crippen LogP contribution is -2.33. The molecule has 3 heteroatoms. The van der Waals surface area contributed by atoms with Crippen molar-refractivity contribution in [3.63, 3.8) is 0 Å². The molecule has 0 bridgehead atoms. The highest BCUT2D eigenvalue weighted by Gasteiger charge is 2.24. The number of nitrogens with zero attached hydrogens (tertiary/aromatic N) is 1. The molecule has 0 fully saturated rings. The van der Waals surface area contributed by atoms with Crippen LogP contribution in [0.2, 0.25) is 0 Å². The quantitative estimate of drug-likeness (QED) is 0.588. The minimum absolute atomic E-state index is 0.105. The van der Waals surface area contributed by atoms with E-state index in [0.29, 0.717) is 5.92 Å². The van der Waals surface area contributed by atoms with Gasteiger partial charge in [0.05, 0.1) is 0 Å². The topological polar surface area (TPSA) is 29.5 Å². The maximum Gasteiger partial charge on any atom is 0.331 e. The molecule has 1 aromatic carbocycles. The normalized spacial score (nSPS) is 14.8. The second-order valence-corrected chi connectivity index (χ2v) is 5.58. The number of benzene rings is 1. The fourth-order valence-corrected chi connectivity index (χ4v) is 1.79. The van der Waals surface area contributed by atoms with E-state index in [-0.39, 0.29) is 18.1 Å². The van der Waals surface area contributed by atoms with Crippen LogP contribution in [0.5, 0.6) is 0 Å². The van der Waals surface area contributed by atoms with Crippen molar-refractivity contribution >= 4 is 5.97 Å². The number of carbonyl (C=O) groups excluding carboxylic acids is 1. The van der Waals surface area contributed by atoms with E-state index in [1.165, 1.54) is 6.08 Å². The summed E-state index contributed by atoms with van der Waals surface area (Å²) in [6.07, 6.45) is 3.10. The predicted molar refractivity (Wildman–Crippen MR) is 82.4 cm³/mol. The molecule has 0 N–H and O–H groups in total. The first-order valence-electron chi connectivity index (χ1n) is 7.02. The minimum atomic E-state index is -0.291. The molecule has 0 aliphatic carbocycles. The highest BCUT2D eigenvalue weighted by atomic mass is 16.5. The van der Waals surface area contributed by atoms with Gasteiger partial charge in [0, 0.05) is 12.1 Å². The highest BCUT2D eigenvalue weighted by Crippen LogP contribution is 2.24. The zero-order valence-electron chi connectivity index (χ0n) is 13.0. The third kappa shape index (κ3) is 5.17. The van der Waals surface area contributed by atoms with Crippen molar-refractivity contribution in [1.29, 1.82) is 0 Å². The van der Waals surface area contributed by atoms with E-state index in [2.05, 4.69) is 11.8 Å². The van der Waals surface area contributed by atoms with Gasteiger partial charge in [-0.1, -0.05) is 50.3 Å². The van der Waals surface area contributed by atoms with Gasteiger partial charge in [0.25, 0.3) is 0 Å². The second-order valence-electron chi connectivity index (χ2n) is 5.58. The van der Waals surface area contributed by atoms with Gasteiger partial charge in [-0.15, -0.1) is 0 Å². The van der Waals surface area contributed by atoms with Crippen molar-refractivity contribution in [2.75, 3.05) is 14.1 Å². The Morgan fingerprint density at radius 2 is 1.75 bits per heavy atom. The SMILES string of the molecule is CC(C)/C=C/C(=O)OC(c1ccccc1)C(C)N(C)C. The number of hydrogen-bond acceptors (Lipinski definition) is 3. The van der Waals surface area contributed by atoms with Crippen molar-refractivity contribution in [1.82, 2.24) is 4.90 Å². The monoisotopic (exact) mass is 275 g/mol. The number of ether oxygens (including phenoxy) is 1. The number of likely N-dealkylation sites (N-methyl/N-ethyl adjacent to an activating group) is 1. The molecule has 110 valence electrons. The van der Waals surface area contributed by atoms with Crippen LogP contribution in [-0.4, -0.2) is 31.0 Å². The van der Waals surface area contributed by atoms with E-state index in [0.717, 1.165) is 5.56 Å². The molecule has 3 nitrogen and oxygen atoms in total. The lowest BCUT2D eigenvalue weighted by atomic mass is 10.0. The highest BCUT2D eigenvalue weighted by molar-refractivity contribution is 5.82. The molecule has 1 aromatic rings. The lowest BCUT2D eigenvalue weighted by Gasteiger charge is -2.29. The zero-order chi connectivity index (χ0) is 15.1.